The maximum absolute atomic E-state index is 11.1. The number of carbonyl (C=O) groups excluding carboxylic acids is 1. The number of hydrogen-bond donors (Lipinski definition) is 1. The zero-order valence-corrected chi connectivity index (χ0v) is 24.3. The molecular weight excluding hydrogens is 558 g/mol. The van der Waals surface area contributed by atoms with Crippen LogP contribution in [0.2, 0.25) is 0 Å². The molecular formula is C30H25N5O4S2. The summed E-state index contributed by atoms with van der Waals surface area (Å²) in [6.07, 6.45) is 9.48. The molecule has 0 saturated heterocycles. The summed E-state index contributed by atoms with van der Waals surface area (Å²) in [5.74, 6) is 1.50. The second-order valence-electron chi connectivity index (χ2n) is 8.62. The molecule has 0 aliphatic carbocycles. The highest BCUT2D eigenvalue weighted by Crippen LogP contribution is 2.38. The van der Waals surface area contributed by atoms with Crippen LogP contribution in [-0.4, -0.2) is 64.4 Å². The van der Waals surface area contributed by atoms with Crippen molar-refractivity contribution >= 4 is 79.6 Å². The minimum Gasteiger partial charge on any atom is -0.496 e. The molecule has 6 rings (SSSR count). The number of methoxy groups -OCH3 is 2. The Bertz CT molecular complexity index is 1950. The Kier molecular flexibility index (Phi) is 8.46. The van der Waals surface area contributed by atoms with Crippen molar-refractivity contribution in [3.63, 3.8) is 0 Å². The van der Waals surface area contributed by atoms with E-state index in [1.54, 1.807) is 56.2 Å². The smallest absolute Gasteiger partial charge is 0.168 e. The zero-order valence-electron chi connectivity index (χ0n) is 22.7. The van der Waals surface area contributed by atoms with Crippen LogP contribution in [0.3, 0.4) is 0 Å². The molecule has 4 heterocycles. The van der Waals surface area contributed by atoms with Crippen molar-refractivity contribution in [2.24, 2.45) is 5.16 Å². The maximum atomic E-state index is 11.1. The second kappa shape index (κ2) is 12.4. The predicted molar refractivity (Wildman–Crippen MR) is 166 cm³/mol. The van der Waals surface area contributed by atoms with Crippen LogP contribution in [0.5, 0.6) is 11.5 Å². The number of thioether (sulfide) groups is 2. The van der Waals surface area contributed by atoms with E-state index in [4.69, 9.17) is 14.7 Å². The minimum absolute atomic E-state index is 0.405. The molecule has 0 fully saturated rings. The quantitative estimate of drug-likeness (QED) is 0.0570. The van der Waals surface area contributed by atoms with Crippen LogP contribution >= 0.6 is 23.5 Å². The van der Waals surface area contributed by atoms with Gasteiger partial charge in [-0.05, 0) is 48.9 Å². The van der Waals surface area contributed by atoms with Gasteiger partial charge in [-0.2, -0.15) is 0 Å². The number of fused-ring (bicyclic) bond motifs is 6. The van der Waals surface area contributed by atoms with Crippen LogP contribution in [0.15, 0.2) is 75.9 Å². The summed E-state index contributed by atoms with van der Waals surface area (Å²) in [4.78, 5) is 30.8. The number of carbonyl (C=O) groups is 1. The van der Waals surface area contributed by atoms with Crippen molar-refractivity contribution in [1.82, 2.24) is 19.9 Å². The molecule has 0 saturated carbocycles. The average molecular weight is 584 g/mol. The molecule has 0 bridgehead atoms. The molecule has 0 aliphatic rings. The monoisotopic (exact) mass is 583 g/mol. The number of aldehydes is 1. The van der Waals surface area contributed by atoms with Gasteiger partial charge in [0, 0.05) is 33.0 Å². The fourth-order valence-corrected chi connectivity index (χ4v) is 5.90. The topological polar surface area (TPSA) is 120 Å². The second-order valence-corrected chi connectivity index (χ2v) is 10.3. The lowest BCUT2D eigenvalue weighted by Gasteiger charge is -2.12. The highest BCUT2D eigenvalue weighted by molar-refractivity contribution is 7.99. The maximum Gasteiger partial charge on any atom is 0.168 e. The van der Waals surface area contributed by atoms with Gasteiger partial charge < -0.3 is 14.7 Å². The van der Waals surface area contributed by atoms with Crippen LogP contribution in [0, 0.1) is 0 Å². The van der Waals surface area contributed by atoms with E-state index in [2.05, 4.69) is 25.1 Å². The zero-order chi connectivity index (χ0) is 28.9. The van der Waals surface area contributed by atoms with Crippen molar-refractivity contribution in [2.75, 3.05) is 26.7 Å². The predicted octanol–water partition coefficient (Wildman–Crippen LogP) is 6.65. The number of hydrogen-bond acceptors (Lipinski definition) is 11. The molecule has 41 heavy (non-hydrogen) atoms. The van der Waals surface area contributed by atoms with Gasteiger partial charge in [-0.1, -0.05) is 17.3 Å². The van der Waals surface area contributed by atoms with Crippen molar-refractivity contribution in [1.29, 1.82) is 0 Å². The first-order valence-electron chi connectivity index (χ1n) is 12.3. The van der Waals surface area contributed by atoms with Gasteiger partial charge >= 0.3 is 0 Å². The van der Waals surface area contributed by atoms with Gasteiger partial charge in [-0.15, -0.1) is 23.5 Å². The van der Waals surface area contributed by atoms with Gasteiger partial charge in [0.05, 0.1) is 47.9 Å². The van der Waals surface area contributed by atoms with E-state index in [0.717, 1.165) is 65.7 Å². The Balaban J connectivity index is 0.000000165. The Hall–Kier alpha value is -4.48. The van der Waals surface area contributed by atoms with Gasteiger partial charge in [-0.3, -0.25) is 14.8 Å². The normalized spacial score (nSPS) is 11.2. The lowest BCUT2D eigenvalue weighted by molar-refractivity contribution is 0.111. The highest BCUT2D eigenvalue weighted by atomic mass is 32.2. The third-order valence-electron chi connectivity index (χ3n) is 6.39. The van der Waals surface area contributed by atoms with E-state index in [9.17, 15) is 4.79 Å². The lowest BCUT2D eigenvalue weighted by atomic mass is 10.1. The van der Waals surface area contributed by atoms with Crippen molar-refractivity contribution < 1.29 is 19.5 Å². The summed E-state index contributed by atoms with van der Waals surface area (Å²) in [6, 6.07) is 15.2. The molecule has 9 nitrogen and oxygen atoms in total. The van der Waals surface area contributed by atoms with E-state index >= 15 is 0 Å². The first-order chi connectivity index (χ1) is 20.1. The van der Waals surface area contributed by atoms with Gasteiger partial charge in [0.2, 0.25) is 0 Å². The third-order valence-corrected chi connectivity index (χ3v) is 7.91. The van der Waals surface area contributed by atoms with E-state index in [0.29, 0.717) is 16.9 Å². The van der Waals surface area contributed by atoms with Crippen molar-refractivity contribution in [2.45, 2.75) is 9.79 Å². The first kappa shape index (κ1) is 28.1. The molecule has 0 atom stereocenters. The fourth-order valence-electron chi connectivity index (χ4n) is 4.62. The molecule has 206 valence electrons. The van der Waals surface area contributed by atoms with E-state index in [1.165, 1.54) is 6.21 Å². The molecule has 0 aliphatic heterocycles. The average Bonchev–Trinajstić information content (AvgIpc) is 3.03. The van der Waals surface area contributed by atoms with Gasteiger partial charge in [0.1, 0.15) is 28.2 Å². The Labute approximate surface area is 244 Å². The van der Waals surface area contributed by atoms with Crippen molar-refractivity contribution in [3.8, 4) is 11.5 Å². The molecule has 0 unspecified atom stereocenters. The van der Waals surface area contributed by atoms with Gasteiger partial charge in [-0.25, -0.2) is 9.97 Å². The number of oxime groups is 1. The highest BCUT2D eigenvalue weighted by Gasteiger charge is 2.16. The summed E-state index contributed by atoms with van der Waals surface area (Å²) in [6.45, 7) is 0. The van der Waals surface area contributed by atoms with Gasteiger partial charge in [0.25, 0.3) is 0 Å². The van der Waals surface area contributed by atoms with Crippen LogP contribution in [0.1, 0.15) is 16.2 Å². The van der Waals surface area contributed by atoms with Crippen molar-refractivity contribution in [3.05, 3.63) is 72.3 Å². The third kappa shape index (κ3) is 5.33. The molecule has 2 aromatic carbocycles. The number of aromatic nitrogens is 4. The van der Waals surface area contributed by atoms with E-state index in [-0.39, 0.29) is 0 Å². The SMILES string of the molecule is COc1cc2cccnc2c2nc(/C=N/O)cc(SC)c12.COc1cc2cccnc2c2nc(C=O)cc(SC)c12. The molecule has 11 heteroatoms. The number of benzene rings is 2. The van der Waals surface area contributed by atoms with E-state index < -0.39 is 0 Å². The number of pyridine rings is 4. The van der Waals surface area contributed by atoms with Gasteiger partial charge in [0.15, 0.2) is 6.29 Å². The summed E-state index contributed by atoms with van der Waals surface area (Å²) in [5.41, 5.74) is 4.01. The van der Waals surface area contributed by atoms with Crippen LogP contribution < -0.4 is 9.47 Å². The first-order valence-corrected chi connectivity index (χ1v) is 14.7. The Morgan fingerprint density at radius 1 is 0.756 bits per heavy atom. The summed E-state index contributed by atoms with van der Waals surface area (Å²) in [5, 5.41) is 15.5. The standard InChI is InChI=1S/C15H13N3O2S.C15H12N2O2S/c1-20-11-6-9-4-3-5-16-14(9)15-13(11)12(21-2)7-10(18-15)8-17-19;1-19-11-6-9-4-3-5-16-14(9)15-13(11)12(20-2)7-10(8-18)17-15/h3-8,19H,1-2H3;3-8H,1-2H3/b17-8+;. The molecule has 4 aromatic heterocycles. The van der Waals surface area contributed by atoms with Crippen LogP contribution in [0.4, 0.5) is 0 Å². The Morgan fingerprint density at radius 3 is 1.68 bits per heavy atom. The Morgan fingerprint density at radius 2 is 1.24 bits per heavy atom. The number of ether oxygens (including phenoxy) is 2. The molecule has 6 aromatic rings. The molecule has 0 amide bonds. The summed E-state index contributed by atoms with van der Waals surface area (Å²) in [7, 11) is 3.28. The summed E-state index contributed by atoms with van der Waals surface area (Å²) < 4.78 is 11.0. The molecule has 0 spiro atoms. The fraction of sp³-hybridized carbons (Fsp3) is 0.133. The van der Waals surface area contributed by atoms with E-state index in [1.807, 2.05) is 55.0 Å². The minimum atomic E-state index is 0.405. The van der Waals surface area contributed by atoms with Crippen LogP contribution in [0.25, 0.3) is 43.6 Å². The largest absolute Gasteiger partial charge is 0.496 e. The molecule has 1 N–H and O–H groups in total. The molecule has 0 radical (unpaired) electrons. The lowest BCUT2D eigenvalue weighted by Crippen LogP contribution is -1.96. The van der Waals surface area contributed by atoms with Crippen LogP contribution in [-0.2, 0) is 0 Å². The number of rotatable bonds is 6. The number of nitrogens with zero attached hydrogens (tertiary/aromatic N) is 5. The summed E-state index contributed by atoms with van der Waals surface area (Å²) >= 11 is 3.14.